The van der Waals surface area contributed by atoms with E-state index in [-0.39, 0.29) is 29.0 Å². The number of aromatic hydroxyl groups is 1. The third-order valence-electron chi connectivity index (χ3n) is 2.64. The summed E-state index contributed by atoms with van der Waals surface area (Å²) in [5.41, 5.74) is 0.799. The average Bonchev–Trinajstić information content (AvgIpc) is 2.28. The fourth-order valence-electron chi connectivity index (χ4n) is 1.84. The summed E-state index contributed by atoms with van der Waals surface area (Å²) in [6, 6.07) is 4.24. The van der Waals surface area contributed by atoms with Gasteiger partial charge in [0.2, 0.25) is 11.0 Å². The van der Waals surface area contributed by atoms with Crippen molar-refractivity contribution < 1.29 is 18.7 Å². The summed E-state index contributed by atoms with van der Waals surface area (Å²) in [5, 5.41) is 9.66. The molecule has 1 aromatic carbocycles. The number of phenolic OH excluding ortho intramolecular Hbond substituents is 1. The van der Waals surface area contributed by atoms with Gasteiger partial charge in [-0.1, -0.05) is 0 Å². The highest BCUT2D eigenvalue weighted by Gasteiger charge is 2.17. The van der Waals surface area contributed by atoms with E-state index >= 15 is 0 Å². The Hall–Kier alpha value is -2.43. The number of hydrogen-bond acceptors (Lipinski definition) is 4. The number of rotatable bonds is 0. The Morgan fingerprint density at radius 3 is 3.00 bits per heavy atom. The van der Waals surface area contributed by atoms with Gasteiger partial charge < -0.3 is 9.52 Å². The van der Waals surface area contributed by atoms with Crippen molar-refractivity contribution in [1.82, 2.24) is 0 Å². The lowest BCUT2D eigenvalue weighted by Crippen LogP contribution is -2.48. The summed E-state index contributed by atoms with van der Waals surface area (Å²) >= 11 is 0. The fraction of sp³-hybridized carbons (Fsp3) is 0.0833. The van der Waals surface area contributed by atoms with Gasteiger partial charge >= 0.3 is 10.9 Å². The molecule has 0 aliphatic heterocycles. The first kappa shape index (κ1) is 9.77. The largest absolute Gasteiger partial charge is 0.508 e. The van der Waals surface area contributed by atoms with Gasteiger partial charge in [0.15, 0.2) is 5.78 Å². The van der Waals surface area contributed by atoms with Gasteiger partial charge in [-0.2, -0.15) is 0 Å². The van der Waals surface area contributed by atoms with Gasteiger partial charge in [0.05, 0.1) is 4.43 Å². The van der Waals surface area contributed by atoms with Crippen LogP contribution in [0.2, 0.25) is 0 Å². The van der Waals surface area contributed by atoms with E-state index in [1.54, 1.807) is 6.08 Å². The predicted octanol–water partition coefficient (Wildman–Crippen LogP) is -0.413. The molecule has 84 valence electrons. The molecule has 0 bridgehead atoms. The highest BCUT2D eigenvalue weighted by Crippen LogP contribution is 2.14. The molecule has 17 heavy (non-hydrogen) atoms. The van der Waals surface area contributed by atoms with Crippen LogP contribution in [0.15, 0.2) is 22.6 Å². The molecule has 0 amide bonds. The molecule has 0 atom stereocenters. The minimum Gasteiger partial charge on any atom is -0.508 e. The molecule has 1 aliphatic carbocycles. The number of phenols is 1. The summed E-state index contributed by atoms with van der Waals surface area (Å²) < 4.78 is 6.13. The number of aromatic nitrogens is 1. The molecule has 0 saturated carbocycles. The molecule has 0 fully saturated rings. The Morgan fingerprint density at radius 2 is 2.18 bits per heavy atom. The van der Waals surface area contributed by atoms with E-state index in [0.29, 0.717) is 15.3 Å². The van der Waals surface area contributed by atoms with E-state index in [9.17, 15) is 14.8 Å². The first-order valence-electron chi connectivity index (χ1n) is 5.08. The quantitative estimate of drug-likeness (QED) is 0.624. The zero-order valence-corrected chi connectivity index (χ0v) is 8.71. The van der Waals surface area contributed by atoms with Gasteiger partial charge in [-0.05, 0) is 6.07 Å². The zero-order valence-electron chi connectivity index (χ0n) is 8.71. The van der Waals surface area contributed by atoms with Crippen molar-refractivity contribution in [2.75, 3.05) is 0 Å². The number of fused-ring (bicyclic) bond motifs is 2. The third-order valence-corrected chi connectivity index (χ3v) is 2.64. The van der Waals surface area contributed by atoms with Crippen molar-refractivity contribution in [1.29, 1.82) is 0 Å². The molecule has 0 radical (unpaired) electrons. The molecule has 1 aromatic heterocycles. The molecule has 1 heterocycles. The van der Waals surface area contributed by atoms with Crippen LogP contribution in [0, 0.1) is 4.91 Å². The first-order valence-corrected chi connectivity index (χ1v) is 5.08. The number of ketones is 1. The Kier molecular flexibility index (Phi) is 1.89. The maximum absolute atomic E-state index is 12.0. The Balaban J connectivity index is 2.58. The molecule has 3 rings (SSSR count). The topological polar surface area (TPSA) is 73.4 Å². The van der Waals surface area contributed by atoms with E-state index in [0.717, 1.165) is 0 Å². The van der Waals surface area contributed by atoms with Crippen LogP contribution in [0.4, 0.5) is 0 Å². The van der Waals surface area contributed by atoms with E-state index in [2.05, 4.69) is 0 Å². The second kappa shape index (κ2) is 3.28. The molecule has 0 saturated heterocycles. The molecular formula is C12H8NO4+. The zero-order chi connectivity index (χ0) is 12.0. The minimum atomic E-state index is -0.110. The van der Waals surface area contributed by atoms with E-state index in [1.165, 1.54) is 24.3 Å². The standard InChI is InChI=1S/C12H7NO4/c14-7-1-3-9-11(5-7)17-12-6-8(15)2-4-10(12)13(9)16/h1,3-6H,2H2/p+1. The molecule has 1 N–H and O–H groups in total. The van der Waals surface area contributed by atoms with Crippen molar-refractivity contribution in [2.45, 2.75) is 6.42 Å². The number of benzene rings is 1. The lowest BCUT2D eigenvalue weighted by Gasteiger charge is -1.96. The average molecular weight is 230 g/mol. The van der Waals surface area contributed by atoms with Crippen LogP contribution < -0.4 is 15.2 Å². The molecule has 2 aromatic rings. The molecule has 0 spiro atoms. The van der Waals surface area contributed by atoms with Gasteiger partial charge in [0.1, 0.15) is 5.75 Å². The van der Waals surface area contributed by atoms with Crippen molar-refractivity contribution in [3.63, 3.8) is 0 Å². The summed E-state index contributed by atoms with van der Waals surface area (Å²) in [6.45, 7) is 0. The SMILES string of the molecule is O=C1C=c2oc3cc(O)ccc3[n+](=O)c2=CC1. The van der Waals surface area contributed by atoms with Gasteiger partial charge in [0, 0.05) is 35.6 Å². The third kappa shape index (κ3) is 1.44. The van der Waals surface area contributed by atoms with Crippen molar-refractivity contribution in [2.24, 2.45) is 0 Å². The highest BCUT2D eigenvalue weighted by atomic mass is 16.3. The summed E-state index contributed by atoms with van der Waals surface area (Å²) in [7, 11) is 0. The Bertz CT molecular complexity index is 817. The number of Topliss-reactive ketones (excluding diaryl/α,β-unsaturated/α-hetero) is 1. The second-order valence-electron chi connectivity index (χ2n) is 3.82. The van der Waals surface area contributed by atoms with Crippen molar-refractivity contribution in [3.05, 3.63) is 33.9 Å². The van der Waals surface area contributed by atoms with Gasteiger partial charge in [-0.3, -0.25) is 4.79 Å². The summed E-state index contributed by atoms with van der Waals surface area (Å²) in [6.07, 6.45) is 3.04. The summed E-state index contributed by atoms with van der Waals surface area (Å²) in [5.74, 6) is -0.104. The Morgan fingerprint density at radius 1 is 1.35 bits per heavy atom. The van der Waals surface area contributed by atoms with Crippen LogP contribution in [-0.4, -0.2) is 10.9 Å². The lowest BCUT2D eigenvalue weighted by molar-refractivity contribution is -0.483. The van der Waals surface area contributed by atoms with Crippen LogP contribution in [0.25, 0.3) is 23.3 Å². The predicted molar refractivity (Wildman–Crippen MR) is 59.0 cm³/mol. The fourth-order valence-corrected chi connectivity index (χ4v) is 1.84. The van der Waals surface area contributed by atoms with Gasteiger partial charge in [0.25, 0.3) is 0 Å². The maximum atomic E-state index is 12.0. The second-order valence-corrected chi connectivity index (χ2v) is 3.82. The van der Waals surface area contributed by atoms with Crippen LogP contribution in [0.3, 0.4) is 0 Å². The number of nitrogens with zero attached hydrogens (tertiary/aromatic N) is 1. The molecule has 0 unspecified atom stereocenters. The molecular weight excluding hydrogens is 222 g/mol. The summed E-state index contributed by atoms with van der Waals surface area (Å²) in [4.78, 5) is 23.2. The van der Waals surface area contributed by atoms with Crippen molar-refractivity contribution in [3.8, 4) is 5.75 Å². The van der Waals surface area contributed by atoms with E-state index in [1.807, 2.05) is 0 Å². The van der Waals surface area contributed by atoms with Gasteiger partial charge in [-0.25, -0.2) is 0 Å². The maximum Gasteiger partial charge on any atom is 0.306 e. The minimum absolute atomic E-state index is 0.00677. The molecule has 5 nitrogen and oxygen atoms in total. The number of hydrogen-bond donors (Lipinski definition) is 1. The number of carbonyl (C=O) groups is 1. The smallest absolute Gasteiger partial charge is 0.306 e. The first-order chi connectivity index (χ1) is 8.15. The van der Waals surface area contributed by atoms with E-state index in [4.69, 9.17) is 4.42 Å². The number of carbonyl (C=O) groups excluding carboxylic acids is 1. The van der Waals surface area contributed by atoms with Gasteiger partial charge in [-0.15, -0.1) is 0 Å². The normalized spacial score (nSPS) is 14.0. The van der Waals surface area contributed by atoms with Crippen LogP contribution in [0.1, 0.15) is 6.42 Å². The van der Waals surface area contributed by atoms with Crippen LogP contribution in [0.5, 0.6) is 5.75 Å². The monoisotopic (exact) mass is 230 g/mol. The molecule has 5 heteroatoms. The van der Waals surface area contributed by atoms with E-state index < -0.39 is 0 Å². The molecule has 1 aliphatic rings. The lowest BCUT2D eigenvalue weighted by atomic mass is 10.2. The van der Waals surface area contributed by atoms with Crippen molar-refractivity contribution >= 4 is 29.0 Å². The Labute approximate surface area is 94.5 Å². The highest BCUT2D eigenvalue weighted by molar-refractivity contribution is 6.08. The van der Waals surface area contributed by atoms with Crippen LogP contribution in [-0.2, 0) is 4.79 Å². The van der Waals surface area contributed by atoms with Crippen LogP contribution >= 0.6 is 0 Å².